The molecule has 4 nitrogen and oxygen atoms in total. The first-order valence-electron chi connectivity index (χ1n) is 7.91. The molecule has 16 heteroatoms. The summed E-state index contributed by atoms with van der Waals surface area (Å²) in [4.78, 5) is 0. The van der Waals surface area contributed by atoms with E-state index in [0.717, 1.165) is 6.92 Å². The Bertz CT molecular complexity index is 731. The zero-order valence-electron chi connectivity index (χ0n) is 14.6. The normalized spacial score (nSPS) is 33.7. The van der Waals surface area contributed by atoms with E-state index in [-0.39, 0.29) is 6.42 Å². The fraction of sp³-hybridized carbons (Fsp3) is 1.00. The number of sulfone groups is 2. The topological polar surface area (TPSA) is 68.3 Å². The summed E-state index contributed by atoms with van der Waals surface area (Å²) in [5, 5.41) is 0. The Morgan fingerprint density at radius 1 is 0.690 bits per heavy atom. The second kappa shape index (κ2) is 8.04. The van der Waals surface area contributed by atoms with Crippen LogP contribution in [0.3, 0.4) is 0 Å². The molecule has 1 fully saturated rings. The summed E-state index contributed by atoms with van der Waals surface area (Å²) in [6, 6.07) is 0. The highest BCUT2D eigenvalue weighted by atomic mass is 32.3. The van der Waals surface area contributed by atoms with Crippen LogP contribution >= 0.6 is 0 Å². The molecule has 0 spiro atoms. The molecule has 1 saturated carbocycles. The van der Waals surface area contributed by atoms with E-state index in [9.17, 15) is 60.7 Å². The van der Waals surface area contributed by atoms with Crippen LogP contribution in [0, 0.1) is 17.8 Å². The van der Waals surface area contributed by atoms with Crippen LogP contribution in [0.25, 0.3) is 0 Å². The summed E-state index contributed by atoms with van der Waals surface area (Å²) in [6.45, 7) is 2.42. The molecule has 0 N–H and O–H groups in total. The highest BCUT2D eigenvalue weighted by Gasteiger charge is 2.70. The van der Waals surface area contributed by atoms with Crippen molar-refractivity contribution in [1.82, 2.24) is 0 Å². The van der Waals surface area contributed by atoms with Crippen LogP contribution in [-0.2, 0) is 19.7 Å². The van der Waals surface area contributed by atoms with Crippen LogP contribution in [0.2, 0.25) is 0 Å². The Labute approximate surface area is 159 Å². The van der Waals surface area contributed by atoms with E-state index < -0.39 is 77.7 Å². The van der Waals surface area contributed by atoms with Crippen LogP contribution in [0.5, 0.6) is 0 Å². The fourth-order valence-electron chi connectivity index (χ4n) is 3.24. The summed E-state index contributed by atoms with van der Waals surface area (Å²) in [5.41, 5.74) is -13.4. The van der Waals surface area contributed by atoms with E-state index in [1.54, 1.807) is 0 Å². The van der Waals surface area contributed by atoms with Crippen molar-refractivity contribution in [2.45, 2.75) is 60.6 Å². The minimum Gasteiger partial charge on any atom is -0.244 e. The first-order valence-corrected chi connectivity index (χ1v) is 11.0. The molecule has 0 heterocycles. The van der Waals surface area contributed by atoms with Crippen LogP contribution in [0.1, 0.15) is 20.3 Å². The van der Waals surface area contributed by atoms with Crippen LogP contribution in [0.15, 0.2) is 0 Å². The lowest BCUT2D eigenvalue weighted by atomic mass is 9.71. The van der Waals surface area contributed by atoms with Gasteiger partial charge in [-0.15, -0.1) is 0 Å². The molecule has 29 heavy (non-hydrogen) atoms. The van der Waals surface area contributed by atoms with Gasteiger partial charge in [0.05, 0.1) is 5.92 Å². The van der Waals surface area contributed by atoms with E-state index in [2.05, 4.69) is 0 Å². The van der Waals surface area contributed by atoms with Crippen molar-refractivity contribution in [1.29, 1.82) is 0 Å². The summed E-state index contributed by atoms with van der Waals surface area (Å²) in [5.74, 6) is -7.25. The third kappa shape index (κ3) is 4.32. The summed E-state index contributed by atoms with van der Waals surface area (Å²) < 4.78 is 176. The molecule has 1 aliphatic rings. The SMILES string of the molecule is CCC(C)C1C(F)C(F)C(C(S(=O)(=O)C(F)(F)F)S(=O)(=O)C(F)(F)F)C(F)C1F. The predicted molar refractivity (Wildman–Crippen MR) is 79.8 cm³/mol. The zero-order valence-corrected chi connectivity index (χ0v) is 16.2. The van der Waals surface area contributed by atoms with Crippen LogP contribution in [-0.4, -0.2) is 57.1 Å². The number of halogens is 10. The molecular formula is C13H16F10O4S2. The Morgan fingerprint density at radius 2 is 0.966 bits per heavy atom. The van der Waals surface area contributed by atoms with E-state index in [4.69, 9.17) is 0 Å². The molecule has 0 radical (unpaired) electrons. The van der Waals surface area contributed by atoms with Gasteiger partial charge < -0.3 is 0 Å². The van der Waals surface area contributed by atoms with Gasteiger partial charge >= 0.3 is 11.0 Å². The lowest BCUT2D eigenvalue weighted by Crippen LogP contribution is -2.62. The van der Waals surface area contributed by atoms with Gasteiger partial charge in [0, 0.05) is 5.92 Å². The smallest absolute Gasteiger partial charge is 0.244 e. The fourth-order valence-corrected chi connectivity index (χ4v) is 7.19. The van der Waals surface area contributed by atoms with Gasteiger partial charge in [-0.2, -0.15) is 26.3 Å². The van der Waals surface area contributed by atoms with Crippen molar-refractivity contribution in [2.75, 3.05) is 0 Å². The van der Waals surface area contributed by atoms with Gasteiger partial charge in [-0.1, -0.05) is 20.3 Å². The minimum absolute atomic E-state index is 0.0965. The van der Waals surface area contributed by atoms with Gasteiger partial charge in [0.25, 0.3) is 19.7 Å². The third-order valence-electron chi connectivity index (χ3n) is 4.95. The molecule has 0 amide bonds. The summed E-state index contributed by atoms with van der Waals surface area (Å²) >= 11 is 0. The lowest BCUT2D eigenvalue weighted by molar-refractivity contribution is -0.0951. The van der Waals surface area contributed by atoms with Crippen molar-refractivity contribution >= 4 is 19.7 Å². The van der Waals surface area contributed by atoms with E-state index in [1.807, 2.05) is 0 Å². The first kappa shape index (κ1) is 26.2. The second-order valence-electron chi connectivity index (χ2n) is 6.67. The number of hydrogen-bond acceptors (Lipinski definition) is 4. The van der Waals surface area contributed by atoms with E-state index in [1.165, 1.54) is 6.92 Å². The van der Waals surface area contributed by atoms with Crippen molar-refractivity contribution in [3.8, 4) is 0 Å². The summed E-state index contributed by atoms with van der Waals surface area (Å²) in [6.07, 6.45) is -14.1. The largest absolute Gasteiger partial charge is 0.498 e. The van der Waals surface area contributed by atoms with Gasteiger partial charge in [0.15, 0.2) is 4.58 Å². The lowest BCUT2D eigenvalue weighted by Gasteiger charge is -2.44. The highest BCUT2D eigenvalue weighted by molar-refractivity contribution is 8.09. The van der Waals surface area contributed by atoms with Crippen molar-refractivity contribution < 1.29 is 60.7 Å². The molecule has 1 rings (SSSR count). The second-order valence-corrected chi connectivity index (χ2v) is 11.1. The molecule has 1 aliphatic carbocycles. The Morgan fingerprint density at radius 3 is 1.21 bits per heavy atom. The molecule has 5 atom stereocenters. The molecule has 0 aliphatic heterocycles. The van der Waals surface area contributed by atoms with Gasteiger partial charge in [-0.3, -0.25) is 0 Å². The van der Waals surface area contributed by atoms with Crippen molar-refractivity contribution in [3.05, 3.63) is 0 Å². The van der Waals surface area contributed by atoms with Gasteiger partial charge in [0.2, 0.25) is 0 Å². The molecule has 0 bridgehead atoms. The standard InChI is InChI=1S/C13H16F10O4S2/c1-3-4(2)5-7(14)9(16)6(10(17)8(5)15)11(28(24,25)12(18,19)20)29(26,27)13(21,22)23/h4-11H,3H2,1-2H3. The molecule has 5 unspecified atom stereocenters. The average Bonchev–Trinajstić information content (AvgIpc) is 2.54. The zero-order chi connectivity index (χ0) is 23.3. The van der Waals surface area contributed by atoms with E-state index >= 15 is 0 Å². The molecule has 174 valence electrons. The Balaban J connectivity index is 3.76. The third-order valence-corrected chi connectivity index (χ3v) is 9.61. The number of hydrogen-bond donors (Lipinski definition) is 0. The maximum atomic E-state index is 14.5. The molecular weight excluding hydrogens is 474 g/mol. The predicted octanol–water partition coefficient (Wildman–Crippen LogP) is 3.83. The molecule has 0 aromatic carbocycles. The van der Waals surface area contributed by atoms with Crippen molar-refractivity contribution in [2.24, 2.45) is 17.8 Å². The van der Waals surface area contributed by atoms with Gasteiger partial charge in [-0.05, 0) is 5.92 Å². The maximum absolute atomic E-state index is 14.5. The Hall–Kier alpha value is -0.800. The highest BCUT2D eigenvalue weighted by Crippen LogP contribution is 2.49. The maximum Gasteiger partial charge on any atom is 0.498 e. The number of alkyl halides is 10. The first-order chi connectivity index (χ1) is 12.7. The quantitative estimate of drug-likeness (QED) is 0.550. The van der Waals surface area contributed by atoms with Gasteiger partial charge in [-0.25, -0.2) is 34.4 Å². The Kier molecular flexibility index (Phi) is 7.27. The average molecular weight is 490 g/mol. The molecule has 0 aromatic heterocycles. The van der Waals surface area contributed by atoms with Crippen molar-refractivity contribution in [3.63, 3.8) is 0 Å². The summed E-state index contributed by atoms with van der Waals surface area (Å²) in [7, 11) is -14.9. The monoisotopic (exact) mass is 490 g/mol. The van der Waals surface area contributed by atoms with E-state index in [0.29, 0.717) is 0 Å². The van der Waals surface area contributed by atoms with Gasteiger partial charge in [0.1, 0.15) is 24.7 Å². The minimum atomic E-state index is -7.46. The number of rotatable bonds is 5. The molecule has 0 aromatic rings. The van der Waals surface area contributed by atoms with Crippen LogP contribution in [0.4, 0.5) is 43.9 Å². The molecule has 0 saturated heterocycles. The van der Waals surface area contributed by atoms with Crippen LogP contribution < -0.4 is 0 Å².